The van der Waals surface area contributed by atoms with Crippen LogP contribution in [0.15, 0.2) is 54.6 Å². The Morgan fingerprint density at radius 1 is 0.700 bits per heavy atom. The SMILES string of the molecule is CCCCCCCOc1ccc(-c2ccccc2)cc1. The Morgan fingerprint density at radius 2 is 1.35 bits per heavy atom. The van der Waals surface area contributed by atoms with Crippen molar-refractivity contribution in [2.75, 3.05) is 6.61 Å². The van der Waals surface area contributed by atoms with Crippen LogP contribution >= 0.6 is 0 Å². The Bertz CT molecular complexity index is 473. The van der Waals surface area contributed by atoms with Crippen LogP contribution in [-0.2, 0) is 0 Å². The van der Waals surface area contributed by atoms with Crippen LogP contribution in [0.5, 0.6) is 5.75 Å². The molecule has 0 amide bonds. The minimum absolute atomic E-state index is 0.828. The van der Waals surface area contributed by atoms with E-state index in [0.717, 1.165) is 18.8 Å². The summed E-state index contributed by atoms with van der Waals surface area (Å²) < 4.78 is 5.78. The molecule has 0 bridgehead atoms. The van der Waals surface area contributed by atoms with Gasteiger partial charge in [0.1, 0.15) is 5.75 Å². The molecule has 1 heteroatoms. The quantitative estimate of drug-likeness (QED) is 0.558. The molecule has 20 heavy (non-hydrogen) atoms. The lowest BCUT2D eigenvalue weighted by atomic mass is 10.1. The maximum Gasteiger partial charge on any atom is 0.119 e. The number of hydrogen-bond donors (Lipinski definition) is 0. The monoisotopic (exact) mass is 268 g/mol. The average Bonchev–Trinajstić information content (AvgIpc) is 2.52. The molecular formula is C19H24O. The van der Waals surface area contributed by atoms with E-state index in [1.165, 1.54) is 36.8 Å². The van der Waals surface area contributed by atoms with Gasteiger partial charge in [0.2, 0.25) is 0 Å². The van der Waals surface area contributed by atoms with Crippen LogP contribution in [0.1, 0.15) is 39.0 Å². The van der Waals surface area contributed by atoms with Gasteiger partial charge in [0.25, 0.3) is 0 Å². The van der Waals surface area contributed by atoms with E-state index < -0.39 is 0 Å². The number of unbranched alkanes of at least 4 members (excludes halogenated alkanes) is 4. The fourth-order valence-corrected chi connectivity index (χ4v) is 2.27. The van der Waals surface area contributed by atoms with E-state index in [9.17, 15) is 0 Å². The van der Waals surface area contributed by atoms with Crippen LogP contribution in [0.4, 0.5) is 0 Å². The van der Waals surface area contributed by atoms with Crippen molar-refractivity contribution >= 4 is 0 Å². The van der Waals surface area contributed by atoms with Crippen molar-refractivity contribution in [3.8, 4) is 16.9 Å². The second-order valence-corrected chi connectivity index (χ2v) is 5.15. The van der Waals surface area contributed by atoms with Crippen LogP contribution in [0.2, 0.25) is 0 Å². The molecule has 0 heterocycles. The molecular weight excluding hydrogens is 244 g/mol. The Morgan fingerprint density at radius 3 is 2.05 bits per heavy atom. The summed E-state index contributed by atoms with van der Waals surface area (Å²) >= 11 is 0. The van der Waals surface area contributed by atoms with Crippen LogP contribution in [0.25, 0.3) is 11.1 Å². The molecule has 0 atom stereocenters. The highest BCUT2D eigenvalue weighted by Gasteiger charge is 1.98. The van der Waals surface area contributed by atoms with E-state index in [1.54, 1.807) is 0 Å². The molecule has 2 rings (SSSR count). The van der Waals surface area contributed by atoms with Gasteiger partial charge in [-0.1, -0.05) is 75.1 Å². The maximum absolute atomic E-state index is 5.78. The normalized spacial score (nSPS) is 10.4. The maximum atomic E-state index is 5.78. The summed E-state index contributed by atoms with van der Waals surface area (Å²) in [5, 5.41) is 0. The summed E-state index contributed by atoms with van der Waals surface area (Å²) in [6.07, 6.45) is 6.39. The molecule has 0 aliphatic heterocycles. The van der Waals surface area contributed by atoms with Crippen molar-refractivity contribution in [1.82, 2.24) is 0 Å². The van der Waals surface area contributed by atoms with Gasteiger partial charge in [-0.3, -0.25) is 0 Å². The Kier molecular flexibility index (Phi) is 6.16. The first-order valence-electron chi connectivity index (χ1n) is 7.68. The average molecular weight is 268 g/mol. The molecule has 0 N–H and O–H groups in total. The third-order valence-electron chi connectivity index (χ3n) is 3.48. The highest BCUT2D eigenvalue weighted by atomic mass is 16.5. The number of hydrogen-bond acceptors (Lipinski definition) is 1. The molecule has 0 spiro atoms. The molecule has 0 fully saturated rings. The second kappa shape index (κ2) is 8.42. The van der Waals surface area contributed by atoms with Crippen molar-refractivity contribution < 1.29 is 4.74 Å². The number of rotatable bonds is 8. The summed E-state index contributed by atoms with van der Waals surface area (Å²) in [6.45, 7) is 3.07. The number of ether oxygens (including phenoxy) is 1. The van der Waals surface area contributed by atoms with E-state index in [4.69, 9.17) is 4.74 Å². The van der Waals surface area contributed by atoms with Gasteiger partial charge < -0.3 is 4.74 Å². The van der Waals surface area contributed by atoms with E-state index >= 15 is 0 Å². The van der Waals surface area contributed by atoms with Gasteiger partial charge >= 0.3 is 0 Å². The van der Waals surface area contributed by atoms with E-state index in [-0.39, 0.29) is 0 Å². The molecule has 2 aromatic carbocycles. The third kappa shape index (κ3) is 4.73. The predicted molar refractivity (Wildman–Crippen MR) is 86.1 cm³/mol. The minimum Gasteiger partial charge on any atom is -0.494 e. The van der Waals surface area contributed by atoms with Crippen LogP contribution in [0.3, 0.4) is 0 Å². The lowest BCUT2D eigenvalue weighted by Crippen LogP contribution is -1.97. The Balaban J connectivity index is 1.77. The summed E-state index contributed by atoms with van der Waals surface area (Å²) in [6, 6.07) is 18.8. The Labute approximate surface area is 122 Å². The summed E-state index contributed by atoms with van der Waals surface area (Å²) in [5.74, 6) is 0.972. The molecule has 0 saturated carbocycles. The van der Waals surface area contributed by atoms with Crippen LogP contribution < -0.4 is 4.74 Å². The second-order valence-electron chi connectivity index (χ2n) is 5.15. The van der Waals surface area contributed by atoms with Gasteiger partial charge in [0.15, 0.2) is 0 Å². The van der Waals surface area contributed by atoms with Gasteiger partial charge in [-0.05, 0) is 29.7 Å². The van der Waals surface area contributed by atoms with Gasteiger partial charge in [-0.25, -0.2) is 0 Å². The van der Waals surface area contributed by atoms with Crippen molar-refractivity contribution in [2.45, 2.75) is 39.0 Å². The zero-order chi connectivity index (χ0) is 14.0. The summed E-state index contributed by atoms with van der Waals surface area (Å²) in [4.78, 5) is 0. The van der Waals surface area contributed by atoms with Crippen molar-refractivity contribution in [3.63, 3.8) is 0 Å². The largest absolute Gasteiger partial charge is 0.494 e. The minimum atomic E-state index is 0.828. The van der Waals surface area contributed by atoms with Crippen LogP contribution in [0, 0.1) is 0 Å². The highest BCUT2D eigenvalue weighted by molar-refractivity contribution is 5.63. The van der Waals surface area contributed by atoms with E-state index in [0.29, 0.717) is 0 Å². The van der Waals surface area contributed by atoms with Gasteiger partial charge in [-0.2, -0.15) is 0 Å². The molecule has 0 aliphatic rings. The van der Waals surface area contributed by atoms with E-state index in [2.05, 4.69) is 55.5 Å². The topological polar surface area (TPSA) is 9.23 Å². The fraction of sp³-hybridized carbons (Fsp3) is 0.368. The standard InChI is InChI=1S/C19H24O/c1-2-3-4-5-9-16-20-19-14-12-18(13-15-19)17-10-7-6-8-11-17/h6-8,10-15H,2-5,9,16H2,1H3. The predicted octanol–water partition coefficient (Wildman–Crippen LogP) is 5.70. The highest BCUT2D eigenvalue weighted by Crippen LogP contribution is 2.22. The van der Waals surface area contributed by atoms with Crippen molar-refractivity contribution in [2.24, 2.45) is 0 Å². The van der Waals surface area contributed by atoms with Crippen molar-refractivity contribution in [1.29, 1.82) is 0 Å². The van der Waals surface area contributed by atoms with Crippen molar-refractivity contribution in [3.05, 3.63) is 54.6 Å². The molecule has 2 aromatic rings. The molecule has 1 nitrogen and oxygen atoms in total. The summed E-state index contributed by atoms with van der Waals surface area (Å²) in [5.41, 5.74) is 2.49. The molecule has 106 valence electrons. The molecule has 0 aromatic heterocycles. The first-order chi connectivity index (χ1) is 9.90. The molecule has 0 saturated heterocycles. The van der Waals surface area contributed by atoms with Gasteiger partial charge in [0.05, 0.1) is 6.61 Å². The molecule has 0 unspecified atom stereocenters. The lowest BCUT2D eigenvalue weighted by molar-refractivity contribution is 0.304. The molecule has 0 aliphatic carbocycles. The number of benzene rings is 2. The zero-order valence-corrected chi connectivity index (χ0v) is 12.3. The molecule has 0 radical (unpaired) electrons. The fourth-order valence-electron chi connectivity index (χ4n) is 2.27. The van der Waals surface area contributed by atoms with Gasteiger partial charge in [0, 0.05) is 0 Å². The van der Waals surface area contributed by atoms with Gasteiger partial charge in [-0.15, -0.1) is 0 Å². The zero-order valence-electron chi connectivity index (χ0n) is 12.3. The lowest BCUT2D eigenvalue weighted by Gasteiger charge is -2.07. The smallest absolute Gasteiger partial charge is 0.119 e. The third-order valence-corrected chi connectivity index (χ3v) is 3.48. The first-order valence-corrected chi connectivity index (χ1v) is 7.68. The van der Waals surface area contributed by atoms with Crippen LogP contribution in [-0.4, -0.2) is 6.61 Å². The van der Waals surface area contributed by atoms with E-state index in [1.807, 2.05) is 6.07 Å². The summed E-state index contributed by atoms with van der Waals surface area (Å²) in [7, 11) is 0. The Hall–Kier alpha value is -1.76. The first kappa shape index (κ1) is 14.6.